The van der Waals surface area contributed by atoms with E-state index in [4.69, 9.17) is 11.6 Å². The average Bonchev–Trinajstić information content (AvgIpc) is 3.18. The van der Waals surface area contributed by atoms with Crippen LogP contribution in [0.3, 0.4) is 0 Å². The normalized spacial score (nSPS) is 12.6. The Morgan fingerprint density at radius 1 is 1.19 bits per heavy atom. The Hall–Kier alpha value is -2.75. The van der Waals surface area contributed by atoms with Gasteiger partial charge in [0.05, 0.1) is 16.7 Å². The van der Waals surface area contributed by atoms with Gasteiger partial charge in [-0.2, -0.15) is 22.8 Å². The Kier molecular flexibility index (Phi) is 3.84. The van der Waals surface area contributed by atoms with Crippen molar-refractivity contribution in [1.29, 1.82) is 0 Å². The zero-order chi connectivity index (χ0) is 19.5. The molecule has 0 amide bonds. The molecule has 0 saturated heterocycles. The summed E-state index contributed by atoms with van der Waals surface area (Å²) in [6, 6.07) is 5.82. The van der Waals surface area contributed by atoms with Gasteiger partial charge < -0.3 is 0 Å². The molecule has 3 aromatic heterocycles. The van der Waals surface area contributed by atoms with Crippen LogP contribution in [0.5, 0.6) is 0 Å². The van der Waals surface area contributed by atoms with E-state index in [9.17, 15) is 22.0 Å². The Morgan fingerprint density at radius 3 is 2.59 bits per heavy atom. The van der Waals surface area contributed by atoms with Crippen LogP contribution >= 0.6 is 11.6 Å². The van der Waals surface area contributed by atoms with E-state index < -0.39 is 24.0 Å². The molecule has 0 bridgehead atoms. The summed E-state index contributed by atoms with van der Waals surface area (Å²) in [5.41, 5.74) is -0.455. The fourth-order valence-corrected chi connectivity index (χ4v) is 3.16. The van der Waals surface area contributed by atoms with Crippen molar-refractivity contribution < 1.29 is 22.0 Å². The first-order valence-electron chi connectivity index (χ1n) is 7.56. The SMILES string of the molecule is Cc1c(C(F)F)cc2nc(C(F)(F)F)nn2c1-n1ncc2cccc(Cl)c21. The topological polar surface area (TPSA) is 48.0 Å². The van der Waals surface area contributed by atoms with E-state index in [1.807, 2.05) is 0 Å². The van der Waals surface area contributed by atoms with Crippen molar-refractivity contribution in [2.24, 2.45) is 0 Å². The van der Waals surface area contributed by atoms with Crippen LogP contribution in [0.2, 0.25) is 5.02 Å². The van der Waals surface area contributed by atoms with Crippen LogP contribution < -0.4 is 0 Å². The van der Waals surface area contributed by atoms with Crippen LogP contribution in [0.15, 0.2) is 30.5 Å². The third-order valence-electron chi connectivity index (χ3n) is 4.12. The van der Waals surface area contributed by atoms with Gasteiger partial charge in [0.15, 0.2) is 11.5 Å². The van der Waals surface area contributed by atoms with E-state index in [0.717, 1.165) is 10.6 Å². The maximum absolute atomic E-state index is 13.5. The number of pyridine rings is 1. The third kappa shape index (κ3) is 2.71. The molecule has 0 aliphatic carbocycles. The molecule has 0 unspecified atom stereocenters. The molecule has 3 heterocycles. The van der Waals surface area contributed by atoms with E-state index in [0.29, 0.717) is 10.9 Å². The van der Waals surface area contributed by atoms with Crippen LogP contribution in [0.4, 0.5) is 22.0 Å². The van der Waals surface area contributed by atoms with E-state index in [1.165, 1.54) is 17.8 Å². The minimum Gasteiger partial charge on any atom is -0.213 e. The molecule has 140 valence electrons. The van der Waals surface area contributed by atoms with Crippen LogP contribution in [-0.2, 0) is 6.18 Å². The molecule has 4 rings (SSSR count). The van der Waals surface area contributed by atoms with Crippen molar-refractivity contribution in [2.75, 3.05) is 0 Å². The molecule has 0 N–H and O–H groups in total. The highest BCUT2D eigenvalue weighted by atomic mass is 35.5. The molecular weight excluding hydrogens is 393 g/mol. The third-order valence-corrected chi connectivity index (χ3v) is 4.42. The summed E-state index contributed by atoms with van der Waals surface area (Å²) in [6.45, 7) is 1.36. The second-order valence-corrected chi connectivity index (χ2v) is 6.19. The molecule has 0 spiro atoms. The number of fused-ring (bicyclic) bond motifs is 2. The number of hydrogen-bond donors (Lipinski definition) is 0. The van der Waals surface area contributed by atoms with Gasteiger partial charge in [0.1, 0.15) is 0 Å². The molecule has 0 radical (unpaired) electrons. The monoisotopic (exact) mass is 401 g/mol. The number of halogens is 6. The Labute approximate surface area is 153 Å². The number of alkyl halides is 5. The van der Waals surface area contributed by atoms with Gasteiger partial charge in [-0.15, -0.1) is 5.10 Å². The highest BCUT2D eigenvalue weighted by Gasteiger charge is 2.37. The van der Waals surface area contributed by atoms with Gasteiger partial charge >= 0.3 is 6.18 Å². The fraction of sp³-hybridized carbons (Fsp3) is 0.188. The quantitative estimate of drug-likeness (QED) is 0.445. The predicted octanol–water partition coefficient (Wildman–Crippen LogP) is 4.99. The van der Waals surface area contributed by atoms with E-state index in [1.54, 1.807) is 18.2 Å². The lowest BCUT2D eigenvalue weighted by molar-refractivity contribution is -0.144. The van der Waals surface area contributed by atoms with Crippen LogP contribution in [0.25, 0.3) is 22.4 Å². The van der Waals surface area contributed by atoms with Crippen molar-refractivity contribution in [3.63, 3.8) is 0 Å². The number of rotatable bonds is 2. The maximum atomic E-state index is 13.5. The molecule has 1 aromatic carbocycles. The summed E-state index contributed by atoms with van der Waals surface area (Å²) in [7, 11) is 0. The number of benzene rings is 1. The molecule has 5 nitrogen and oxygen atoms in total. The number of hydrogen-bond acceptors (Lipinski definition) is 3. The predicted molar refractivity (Wildman–Crippen MR) is 87.3 cm³/mol. The van der Waals surface area contributed by atoms with E-state index in [2.05, 4.69) is 15.2 Å². The molecule has 0 saturated carbocycles. The van der Waals surface area contributed by atoms with Crippen LogP contribution in [0.1, 0.15) is 23.4 Å². The first kappa shape index (κ1) is 17.7. The summed E-state index contributed by atoms with van der Waals surface area (Å²) in [6.07, 6.45) is -6.31. The molecule has 0 aliphatic heterocycles. The fourth-order valence-electron chi connectivity index (χ4n) is 2.90. The van der Waals surface area contributed by atoms with Crippen molar-refractivity contribution in [3.8, 4) is 5.82 Å². The van der Waals surface area contributed by atoms with E-state index in [-0.39, 0.29) is 22.1 Å². The second kappa shape index (κ2) is 5.88. The lowest BCUT2D eigenvalue weighted by Gasteiger charge is -2.14. The Bertz CT molecular complexity index is 1180. The van der Waals surface area contributed by atoms with Gasteiger partial charge in [0.25, 0.3) is 12.2 Å². The number of para-hydroxylation sites is 1. The molecule has 4 aromatic rings. The summed E-state index contributed by atoms with van der Waals surface area (Å²) < 4.78 is 68.1. The molecular formula is C16H9ClF5N5. The van der Waals surface area contributed by atoms with Gasteiger partial charge in [-0.3, -0.25) is 0 Å². The molecule has 11 heteroatoms. The van der Waals surface area contributed by atoms with Crippen molar-refractivity contribution in [3.05, 3.63) is 52.4 Å². The zero-order valence-electron chi connectivity index (χ0n) is 13.5. The van der Waals surface area contributed by atoms with Gasteiger partial charge in [0, 0.05) is 16.5 Å². The summed E-state index contributed by atoms with van der Waals surface area (Å²) in [4.78, 5) is 3.36. The zero-order valence-corrected chi connectivity index (χ0v) is 14.2. The first-order valence-corrected chi connectivity index (χ1v) is 7.94. The van der Waals surface area contributed by atoms with Crippen molar-refractivity contribution >= 4 is 28.2 Å². The van der Waals surface area contributed by atoms with Crippen molar-refractivity contribution in [2.45, 2.75) is 19.5 Å². The van der Waals surface area contributed by atoms with Crippen LogP contribution in [0, 0.1) is 6.92 Å². The smallest absolute Gasteiger partial charge is 0.213 e. The minimum atomic E-state index is -4.83. The maximum Gasteiger partial charge on any atom is 0.453 e. The van der Waals surface area contributed by atoms with Crippen LogP contribution in [-0.4, -0.2) is 24.4 Å². The molecule has 0 aliphatic rings. The van der Waals surface area contributed by atoms with Gasteiger partial charge in [-0.1, -0.05) is 23.7 Å². The van der Waals surface area contributed by atoms with Crippen molar-refractivity contribution in [1.82, 2.24) is 24.4 Å². The number of nitrogens with zero attached hydrogens (tertiary/aromatic N) is 5. The van der Waals surface area contributed by atoms with Gasteiger partial charge in [-0.25, -0.2) is 18.4 Å². The lowest BCUT2D eigenvalue weighted by Crippen LogP contribution is -2.12. The second-order valence-electron chi connectivity index (χ2n) is 5.79. The summed E-state index contributed by atoms with van der Waals surface area (Å²) in [5, 5.41) is 8.45. The Morgan fingerprint density at radius 2 is 1.93 bits per heavy atom. The summed E-state index contributed by atoms with van der Waals surface area (Å²) in [5.74, 6) is -1.52. The molecule has 27 heavy (non-hydrogen) atoms. The highest BCUT2D eigenvalue weighted by molar-refractivity contribution is 6.35. The standard InChI is InChI=1S/C16H9ClF5N5/c1-7-9(13(18)19)5-11-24-15(16(20,21)22)25-26(11)14(7)27-12-8(6-23-27)3-2-4-10(12)17/h2-6,13H,1H3. The molecule has 0 fully saturated rings. The van der Waals surface area contributed by atoms with Gasteiger partial charge in [0.2, 0.25) is 0 Å². The van der Waals surface area contributed by atoms with Gasteiger partial charge in [-0.05, 0) is 19.1 Å². The summed E-state index contributed by atoms with van der Waals surface area (Å²) >= 11 is 6.20. The highest BCUT2D eigenvalue weighted by Crippen LogP contribution is 2.33. The average molecular weight is 402 g/mol. The molecule has 0 atom stereocenters. The lowest BCUT2D eigenvalue weighted by atomic mass is 10.1. The first-order chi connectivity index (χ1) is 12.7. The Balaban J connectivity index is 2.14. The minimum absolute atomic E-state index is 0.0149. The van der Waals surface area contributed by atoms with E-state index >= 15 is 0 Å². The number of aromatic nitrogens is 5. The largest absolute Gasteiger partial charge is 0.453 e.